The van der Waals surface area contributed by atoms with Gasteiger partial charge in [0.25, 0.3) is 6.43 Å². The molecule has 12 heteroatoms. The molecule has 0 unspecified atom stereocenters. The van der Waals surface area contributed by atoms with Crippen LogP contribution >= 0.6 is 0 Å². The van der Waals surface area contributed by atoms with Gasteiger partial charge in [0.15, 0.2) is 11.6 Å². The summed E-state index contributed by atoms with van der Waals surface area (Å²) in [4.78, 5) is 22.9. The molecule has 0 spiro atoms. The lowest BCUT2D eigenvalue weighted by Gasteiger charge is -2.20. The highest BCUT2D eigenvalue weighted by atomic mass is 19.3. The van der Waals surface area contributed by atoms with E-state index in [1.165, 1.54) is 6.07 Å². The van der Waals surface area contributed by atoms with Crippen LogP contribution in [-0.4, -0.2) is 51.4 Å². The Bertz CT molecular complexity index is 1450. The van der Waals surface area contributed by atoms with E-state index in [0.29, 0.717) is 22.8 Å². The van der Waals surface area contributed by atoms with Crippen LogP contribution in [0.25, 0.3) is 16.9 Å². The molecule has 0 bridgehead atoms. The molecular weight excluding hydrogens is 516 g/mol. The summed E-state index contributed by atoms with van der Waals surface area (Å²) in [7, 11) is 0. The molecule has 2 aromatic heterocycles. The van der Waals surface area contributed by atoms with E-state index in [4.69, 9.17) is 9.94 Å². The van der Waals surface area contributed by atoms with Crippen molar-refractivity contribution in [1.82, 2.24) is 25.1 Å². The van der Waals surface area contributed by atoms with Crippen LogP contribution in [0.3, 0.4) is 0 Å². The highest BCUT2D eigenvalue weighted by molar-refractivity contribution is 5.91. The van der Waals surface area contributed by atoms with Crippen molar-refractivity contribution < 1.29 is 27.2 Å². The van der Waals surface area contributed by atoms with Crippen LogP contribution < -0.4 is 10.6 Å². The molecular formula is C27H24F4N6O2. The number of urea groups is 1. The fourth-order valence-corrected chi connectivity index (χ4v) is 4.46. The number of nitrogens with zero attached hydrogens (tertiary/aromatic N) is 4. The zero-order valence-corrected chi connectivity index (χ0v) is 20.7. The monoisotopic (exact) mass is 540 g/mol. The summed E-state index contributed by atoms with van der Waals surface area (Å²) in [5.41, 5.74) is 3.00. The zero-order valence-electron chi connectivity index (χ0n) is 20.7. The number of benzene rings is 2. The summed E-state index contributed by atoms with van der Waals surface area (Å²) < 4.78 is 55.1. The number of hydrogen-bond donors (Lipinski definition) is 2. The number of carbonyl (C=O) groups excluding carboxylic acids is 1. The van der Waals surface area contributed by atoms with Gasteiger partial charge >= 0.3 is 6.03 Å². The van der Waals surface area contributed by atoms with Gasteiger partial charge in [-0.1, -0.05) is 24.3 Å². The van der Waals surface area contributed by atoms with E-state index in [9.17, 15) is 22.4 Å². The van der Waals surface area contributed by atoms with Crippen LogP contribution in [0, 0.1) is 18.6 Å². The summed E-state index contributed by atoms with van der Waals surface area (Å²) in [5, 5.41) is 11.3. The third-order valence-corrected chi connectivity index (χ3v) is 6.27. The average Bonchev–Trinajstić information content (AvgIpc) is 3.46. The van der Waals surface area contributed by atoms with Crippen molar-refractivity contribution in [3.05, 3.63) is 95.8 Å². The fraction of sp³-hybridized carbons (Fsp3) is 0.222. The number of halogens is 4. The molecule has 1 aliphatic heterocycles. The first-order valence-electron chi connectivity index (χ1n) is 12.1. The second-order valence-corrected chi connectivity index (χ2v) is 8.95. The van der Waals surface area contributed by atoms with E-state index in [0.717, 1.165) is 22.8 Å². The van der Waals surface area contributed by atoms with Crippen LogP contribution in [0.2, 0.25) is 0 Å². The number of alkyl halides is 2. The molecule has 3 heterocycles. The van der Waals surface area contributed by atoms with Crippen LogP contribution in [0.5, 0.6) is 0 Å². The number of carbonyl (C=O) groups is 1. The lowest BCUT2D eigenvalue weighted by atomic mass is 10.0. The lowest BCUT2D eigenvalue weighted by Crippen LogP contribution is -2.42. The summed E-state index contributed by atoms with van der Waals surface area (Å²) >= 11 is 0. The Morgan fingerprint density at radius 2 is 1.82 bits per heavy atom. The smallest absolute Gasteiger partial charge is 0.320 e. The molecule has 0 aliphatic carbocycles. The van der Waals surface area contributed by atoms with Gasteiger partial charge in [0.05, 0.1) is 24.0 Å². The van der Waals surface area contributed by atoms with Gasteiger partial charge in [-0.25, -0.2) is 27.0 Å². The molecule has 2 aromatic carbocycles. The highest BCUT2D eigenvalue weighted by Crippen LogP contribution is 2.32. The Balaban J connectivity index is 1.43. The maximum Gasteiger partial charge on any atom is 0.320 e. The largest absolute Gasteiger partial charge is 0.331 e. The maximum absolute atomic E-state index is 13.9. The molecule has 0 radical (unpaired) electrons. The Morgan fingerprint density at radius 3 is 2.51 bits per heavy atom. The van der Waals surface area contributed by atoms with Crippen molar-refractivity contribution in [3.63, 3.8) is 0 Å². The number of pyridine rings is 1. The van der Waals surface area contributed by atoms with Crippen LogP contribution in [0.4, 0.5) is 28.2 Å². The van der Waals surface area contributed by atoms with Crippen molar-refractivity contribution in [1.29, 1.82) is 0 Å². The first-order valence-corrected chi connectivity index (χ1v) is 12.1. The number of aromatic nitrogens is 3. The van der Waals surface area contributed by atoms with Crippen LogP contribution in [0.15, 0.2) is 73.1 Å². The Kier molecular flexibility index (Phi) is 7.57. The minimum Gasteiger partial charge on any atom is -0.331 e. The molecule has 1 fully saturated rings. The Labute approximate surface area is 221 Å². The fourth-order valence-electron chi connectivity index (χ4n) is 4.46. The third kappa shape index (κ3) is 5.76. The van der Waals surface area contributed by atoms with Crippen molar-refractivity contribution in [2.45, 2.75) is 25.5 Å². The van der Waals surface area contributed by atoms with Gasteiger partial charge in [0, 0.05) is 30.1 Å². The van der Waals surface area contributed by atoms with E-state index < -0.39 is 42.8 Å². The topological polar surface area (TPSA) is 84.3 Å². The Morgan fingerprint density at radius 1 is 1.08 bits per heavy atom. The molecule has 2 amide bonds. The van der Waals surface area contributed by atoms with Crippen LogP contribution in [0.1, 0.15) is 17.2 Å². The number of hydroxylamine groups is 2. The van der Waals surface area contributed by atoms with E-state index in [-0.39, 0.29) is 12.1 Å². The minimum absolute atomic E-state index is 0.0966. The molecule has 0 saturated carbocycles. The maximum atomic E-state index is 13.9. The molecule has 39 heavy (non-hydrogen) atoms. The normalized spacial score (nSPS) is 17.5. The molecule has 4 aromatic rings. The summed E-state index contributed by atoms with van der Waals surface area (Å²) in [6.45, 7) is 1.00. The third-order valence-electron chi connectivity index (χ3n) is 6.27. The number of nitrogens with one attached hydrogen (secondary N) is 2. The van der Waals surface area contributed by atoms with Gasteiger partial charge < -0.3 is 5.32 Å². The number of amides is 2. The predicted molar refractivity (Wildman–Crippen MR) is 135 cm³/mol. The number of anilines is 1. The molecule has 2 N–H and O–H groups in total. The van der Waals surface area contributed by atoms with E-state index >= 15 is 0 Å². The summed E-state index contributed by atoms with van der Waals surface area (Å²) in [6, 6.07) is 14.4. The van der Waals surface area contributed by atoms with Crippen molar-refractivity contribution in [2.24, 2.45) is 0 Å². The van der Waals surface area contributed by atoms with Gasteiger partial charge in [0.1, 0.15) is 11.9 Å². The first-order chi connectivity index (χ1) is 18.8. The molecule has 5 rings (SSSR count). The molecule has 1 saturated heterocycles. The second kappa shape index (κ2) is 11.2. The molecule has 8 nitrogen and oxygen atoms in total. The van der Waals surface area contributed by atoms with Crippen LogP contribution in [-0.2, 0) is 4.84 Å². The number of hydrogen-bond acceptors (Lipinski definition) is 5. The Hall–Kier alpha value is -4.29. The SMILES string of the molecule is Cc1c(-c2ccncc2)nn(-c2ccccc2)c1NC(=O)N[C@@H]1CN(CC(F)F)O[C@H]1c1ccc(F)c(F)c1. The van der Waals surface area contributed by atoms with Gasteiger partial charge in [-0.3, -0.25) is 15.1 Å². The van der Waals surface area contributed by atoms with Crippen molar-refractivity contribution in [2.75, 3.05) is 18.4 Å². The van der Waals surface area contributed by atoms with Gasteiger partial charge in [-0.05, 0) is 48.9 Å². The van der Waals surface area contributed by atoms with Gasteiger partial charge in [-0.2, -0.15) is 10.2 Å². The van der Waals surface area contributed by atoms with Crippen molar-refractivity contribution in [3.8, 4) is 16.9 Å². The molecule has 1 aliphatic rings. The molecule has 202 valence electrons. The van der Waals surface area contributed by atoms with Gasteiger partial charge in [-0.15, -0.1) is 0 Å². The average molecular weight is 541 g/mol. The van der Waals surface area contributed by atoms with E-state index in [1.54, 1.807) is 29.2 Å². The summed E-state index contributed by atoms with van der Waals surface area (Å²) in [6.07, 6.45) is -0.436. The molecule has 2 atom stereocenters. The number of rotatable bonds is 7. The number of para-hydroxylation sites is 1. The lowest BCUT2D eigenvalue weighted by molar-refractivity contribution is -0.166. The predicted octanol–water partition coefficient (Wildman–Crippen LogP) is 5.26. The second-order valence-electron chi connectivity index (χ2n) is 8.95. The van der Waals surface area contributed by atoms with E-state index in [1.807, 2.05) is 37.3 Å². The minimum atomic E-state index is -2.70. The summed E-state index contributed by atoms with van der Waals surface area (Å²) in [5.74, 6) is -1.78. The standard InChI is InChI=1S/C27H24F4N6O2/c1-16-24(17-9-11-32-12-10-17)35-37(19-5-3-2-4-6-19)26(16)34-27(38)33-22-14-36(15-23(30)31)39-25(22)18-7-8-20(28)21(29)13-18/h2-13,22-23,25H,14-15H2,1H3,(H2,33,34,38)/t22-,25+/m1/s1. The van der Waals surface area contributed by atoms with E-state index in [2.05, 4.69) is 15.6 Å². The quantitative estimate of drug-likeness (QED) is 0.312. The van der Waals surface area contributed by atoms with Gasteiger partial charge in [0.2, 0.25) is 0 Å². The first kappa shape index (κ1) is 26.3. The zero-order chi connectivity index (χ0) is 27.5. The highest BCUT2D eigenvalue weighted by Gasteiger charge is 2.38. The van der Waals surface area contributed by atoms with Crippen molar-refractivity contribution >= 4 is 11.8 Å².